The third kappa shape index (κ3) is 16.6. The molecule has 0 radical (unpaired) electrons. The maximum Gasteiger partial charge on any atom is 0.0462 e. The second-order valence-electron chi connectivity index (χ2n) is 37.2. The molecule has 24 aromatic rings. The molecular formula is C138H102N2. The highest BCUT2D eigenvalue weighted by atomic mass is 15.1. The lowest BCUT2D eigenvalue weighted by atomic mass is 9.90. The minimum atomic E-state index is 1.09. The number of hydrogen-bond donors (Lipinski definition) is 0. The molecule has 24 aromatic carbocycles. The van der Waals surface area contributed by atoms with Crippen molar-refractivity contribution in [2.75, 3.05) is 9.80 Å². The van der Waals surface area contributed by atoms with Crippen LogP contribution < -0.4 is 9.80 Å². The lowest BCUT2D eigenvalue weighted by Crippen LogP contribution is -2.09. The van der Waals surface area contributed by atoms with Gasteiger partial charge in [0, 0.05) is 34.1 Å². The highest BCUT2D eigenvalue weighted by Gasteiger charge is 2.23. The molecule has 0 atom stereocenters. The van der Waals surface area contributed by atoms with E-state index in [1.807, 2.05) is 0 Å². The zero-order valence-corrected chi connectivity index (χ0v) is 79.4. The molecule has 0 aromatic heterocycles. The number of hydrogen-bond acceptors (Lipinski definition) is 2. The smallest absolute Gasteiger partial charge is 0.0462 e. The Kier molecular flexibility index (Phi) is 23.2. The molecule has 0 bridgehead atoms. The first kappa shape index (κ1) is 86.6. The zero-order valence-electron chi connectivity index (χ0n) is 79.4. The van der Waals surface area contributed by atoms with Gasteiger partial charge in [-0.3, -0.25) is 0 Å². The van der Waals surface area contributed by atoms with Crippen LogP contribution in [0.25, 0.3) is 198 Å². The van der Waals surface area contributed by atoms with E-state index in [0.717, 1.165) is 34.1 Å². The van der Waals surface area contributed by atoms with Crippen LogP contribution in [0.3, 0.4) is 0 Å². The fourth-order valence-electron chi connectivity index (χ4n) is 21.4. The summed E-state index contributed by atoms with van der Waals surface area (Å²) in [6.07, 6.45) is 0. The van der Waals surface area contributed by atoms with Crippen LogP contribution in [0.5, 0.6) is 0 Å². The summed E-state index contributed by atoms with van der Waals surface area (Å²) in [6.45, 7) is 13.3. The van der Waals surface area contributed by atoms with Crippen LogP contribution in [0.4, 0.5) is 34.1 Å². The minimum Gasteiger partial charge on any atom is -0.311 e. The van der Waals surface area contributed by atoms with Gasteiger partial charge in [0.2, 0.25) is 0 Å². The SMILES string of the molecule is Cc1ccc(-c2ccc(N(c3ccc(-c4ccc(C)c5c(-c6ccccc6)cccc45)cc3)c3ccc(-c4ccc(C)c5c(-c6ccccc6)cccc45)cc3)cc2)c2cccc(-c3ccccc3)c12.Cc1ccc(-c2ccc(N(c3ccc(-c4ccc(C)c5cc(-c6ccccc6)ccc45)cc3)c3ccc(-c4ccc(C)c5cc(-c6ccccc6)ccc45)cc3)cc2)c2ccc(-c3ccccc3)cc12. The number of fused-ring (bicyclic) bond motifs is 6. The zero-order chi connectivity index (χ0) is 94.3. The van der Waals surface area contributed by atoms with Crippen molar-refractivity contribution in [1.82, 2.24) is 0 Å². The molecule has 24 rings (SSSR count). The van der Waals surface area contributed by atoms with Crippen molar-refractivity contribution >= 4 is 98.8 Å². The molecule has 0 saturated heterocycles. The van der Waals surface area contributed by atoms with Gasteiger partial charge in [-0.2, -0.15) is 0 Å². The summed E-state index contributed by atoms with van der Waals surface area (Å²) in [7, 11) is 0. The van der Waals surface area contributed by atoms with Gasteiger partial charge in [0.05, 0.1) is 0 Å². The lowest BCUT2D eigenvalue weighted by Gasteiger charge is -2.26. The molecule has 0 fully saturated rings. The van der Waals surface area contributed by atoms with Crippen LogP contribution in [0.1, 0.15) is 33.4 Å². The second-order valence-corrected chi connectivity index (χ2v) is 37.2. The fourth-order valence-corrected chi connectivity index (χ4v) is 21.4. The molecule has 2 heteroatoms. The Morgan fingerprint density at radius 1 is 0.107 bits per heavy atom. The normalized spacial score (nSPS) is 11.4. The van der Waals surface area contributed by atoms with Crippen LogP contribution in [-0.4, -0.2) is 0 Å². The Morgan fingerprint density at radius 3 is 0.500 bits per heavy atom. The molecule has 0 amide bonds. The van der Waals surface area contributed by atoms with E-state index in [0.29, 0.717) is 0 Å². The van der Waals surface area contributed by atoms with Crippen LogP contribution in [0.2, 0.25) is 0 Å². The molecule has 0 spiro atoms. The Balaban J connectivity index is 0.000000156. The van der Waals surface area contributed by atoms with E-state index in [9.17, 15) is 0 Å². The first-order valence-corrected chi connectivity index (χ1v) is 48.6. The number of anilines is 6. The predicted molar refractivity (Wildman–Crippen MR) is 601 cm³/mol. The number of benzene rings is 24. The topological polar surface area (TPSA) is 6.48 Å². The monoisotopic (exact) mass is 1790 g/mol. The molecule has 0 heterocycles. The Bertz CT molecular complexity index is 7920. The average Bonchev–Trinajstić information content (AvgIpc) is 0.764. The van der Waals surface area contributed by atoms with Crippen molar-refractivity contribution in [1.29, 1.82) is 0 Å². The van der Waals surface area contributed by atoms with Gasteiger partial charge in [-0.15, -0.1) is 0 Å². The van der Waals surface area contributed by atoms with Gasteiger partial charge in [0.25, 0.3) is 0 Å². The van der Waals surface area contributed by atoms with E-state index in [-0.39, 0.29) is 0 Å². The van der Waals surface area contributed by atoms with Crippen LogP contribution >= 0.6 is 0 Å². The van der Waals surface area contributed by atoms with Crippen molar-refractivity contribution in [3.63, 3.8) is 0 Å². The summed E-state index contributed by atoms with van der Waals surface area (Å²) in [5, 5.41) is 15.3. The number of nitrogens with zero attached hydrogens (tertiary/aromatic N) is 2. The Labute approximate surface area is 820 Å². The first-order valence-electron chi connectivity index (χ1n) is 48.6. The quantitative estimate of drug-likeness (QED) is 0.0845. The first-order chi connectivity index (χ1) is 68.9. The summed E-state index contributed by atoms with van der Waals surface area (Å²) in [5.41, 5.74) is 43.6. The van der Waals surface area contributed by atoms with E-state index >= 15 is 0 Å². The van der Waals surface area contributed by atoms with Gasteiger partial charge in [0.15, 0.2) is 0 Å². The molecule has 2 nitrogen and oxygen atoms in total. The maximum atomic E-state index is 2.39. The largest absolute Gasteiger partial charge is 0.311 e. The van der Waals surface area contributed by atoms with Gasteiger partial charge in [-0.1, -0.05) is 419 Å². The molecule has 0 aliphatic heterocycles. The maximum absolute atomic E-state index is 2.39. The molecule has 0 saturated carbocycles. The van der Waals surface area contributed by atoms with Crippen molar-refractivity contribution in [2.24, 2.45) is 0 Å². The summed E-state index contributed by atoms with van der Waals surface area (Å²) >= 11 is 0. The number of aryl methyl sites for hydroxylation is 6. The third-order valence-electron chi connectivity index (χ3n) is 28.6. The molecule has 140 heavy (non-hydrogen) atoms. The highest BCUT2D eigenvalue weighted by molar-refractivity contribution is 6.11. The molecule has 0 unspecified atom stereocenters. The lowest BCUT2D eigenvalue weighted by molar-refractivity contribution is 1.28. The number of rotatable bonds is 18. The van der Waals surface area contributed by atoms with Crippen LogP contribution in [0.15, 0.2) is 510 Å². The summed E-state index contributed by atoms with van der Waals surface area (Å²) in [4.78, 5) is 4.77. The Morgan fingerprint density at radius 2 is 0.286 bits per heavy atom. The van der Waals surface area contributed by atoms with Gasteiger partial charge in [-0.25, -0.2) is 0 Å². The van der Waals surface area contributed by atoms with Crippen LogP contribution in [-0.2, 0) is 0 Å². The molecule has 0 aliphatic rings. The van der Waals surface area contributed by atoms with Crippen molar-refractivity contribution in [3.05, 3.63) is 543 Å². The van der Waals surface area contributed by atoms with Crippen molar-refractivity contribution in [3.8, 4) is 134 Å². The van der Waals surface area contributed by atoms with E-state index in [2.05, 4.69) is 561 Å². The Hall–Kier alpha value is -17.6. The molecule has 0 aliphatic carbocycles. The van der Waals surface area contributed by atoms with Crippen molar-refractivity contribution < 1.29 is 0 Å². The second kappa shape index (κ2) is 37.6. The van der Waals surface area contributed by atoms with E-state index < -0.39 is 0 Å². The van der Waals surface area contributed by atoms with Gasteiger partial charge >= 0.3 is 0 Å². The van der Waals surface area contributed by atoms with Gasteiger partial charge < -0.3 is 9.80 Å². The standard InChI is InChI=1S/2C69H51N/c1-46-28-43-58(64-25-13-22-61(67(46)64)49-16-7-4-8-17-49)52-31-37-55(38-32-52)70(56-39-33-53(34-40-56)59-44-29-47(2)68-62(23-14-26-65(59)68)50-18-9-5-10-19-50)57-41-35-54(36-42-57)60-45-30-48(3)69-63(24-15-27-66(60)69)51-20-11-6-12-21-51;1-46-19-37-61(64-40-28-55(43-67(46)64)49-13-7-4-8-14-49)52-22-31-58(32-23-52)70(59-33-24-53(25-34-59)62-38-20-47(2)68-44-56(29-41-65(62)68)50-15-9-5-10-16-50)60-35-26-54(27-36-60)63-39-21-48(3)69-45-57(30-42-66(63)69)51-17-11-6-12-18-51/h2*4-45H,1-3H3. The average molecular weight is 1790 g/mol. The van der Waals surface area contributed by atoms with E-state index in [1.54, 1.807) is 0 Å². The molecular weight excluding hydrogens is 1690 g/mol. The van der Waals surface area contributed by atoms with Crippen molar-refractivity contribution in [2.45, 2.75) is 41.5 Å². The van der Waals surface area contributed by atoms with E-state index in [1.165, 1.54) is 232 Å². The highest BCUT2D eigenvalue weighted by Crippen LogP contribution is 2.48. The van der Waals surface area contributed by atoms with Gasteiger partial charge in [0.1, 0.15) is 0 Å². The fraction of sp³-hybridized carbons (Fsp3) is 0.0435. The summed E-state index contributed by atoms with van der Waals surface area (Å²) < 4.78 is 0. The summed E-state index contributed by atoms with van der Waals surface area (Å²) in [6, 6.07) is 187. The molecule has 0 N–H and O–H groups in total. The minimum absolute atomic E-state index is 1.09. The summed E-state index contributed by atoms with van der Waals surface area (Å²) in [5.74, 6) is 0. The van der Waals surface area contributed by atoms with Gasteiger partial charge in [-0.05, 0) is 364 Å². The van der Waals surface area contributed by atoms with E-state index in [4.69, 9.17) is 0 Å². The molecule has 664 valence electrons. The third-order valence-corrected chi connectivity index (χ3v) is 28.6. The predicted octanol–water partition coefficient (Wildman–Crippen LogP) is 39.1. The van der Waals surface area contributed by atoms with Crippen LogP contribution in [0, 0.1) is 41.5 Å².